The Balaban J connectivity index is 1.65. The molecule has 2 aromatic rings. The molecule has 0 saturated carbocycles. The molecule has 134 valence electrons. The molecule has 0 spiro atoms. The van der Waals surface area contributed by atoms with Gasteiger partial charge in [-0.3, -0.25) is 0 Å². The topological polar surface area (TPSA) is 56.0 Å². The predicted molar refractivity (Wildman–Crippen MR) is 94.8 cm³/mol. The first-order valence-corrected chi connectivity index (χ1v) is 8.49. The number of nitrogens with zero attached hydrogens (tertiary/aromatic N) is 8. The number of para-hydroxylation sites is 1. The van der Waals surface area contributed by atoms with Gasteiger partial charge in [-0.05, 0) is 11.3 Å². The zero-order valence-corrected chi connectivity index (χ0v) is 14.8. The van der Waals surface area contributed by atoms with Crippen LogP contribution in [-0.2, 0) is 5.41 Å². The summed E-state index contributed by atoms with van der Waals surface area (Å²) < 4.78 is 14.1. The third-order valence-electron chi connectivity index (χ3n) is 4.81. The molecular formula is C17H19FN8. The molecule has 0 fully saturated rings. The Morgan fingerprint density at radius 3 is 2.81 bits per heavy atom. The summed E-state index contributed by atoms with van der Waals surface area (Å²) in [6.07, 6.45) is 4.69. The molecule has 1 atom stereocenters. The van der Waals surface area contributed by atoms with Gasteiger partial charge in [-0.15, -0.1) is 9.89 Å². The quantitative estimate of drug-likeness (QED) is 0.732. The lowest BCUT2D eigenvalue weighted by molar-refractivity contribution is 0.104. The van der Waals surface area contributed by atoms with Gasteiger partial charge in [-0.1, -0.05) is 43.5 Å². The Labute approximate surface area is 150 Å². The van der Waals surface area contributed by atoms with Crippen LogP contribution < -0.4 is 10.0 Å². The van der Waals surface area contributed by atoms with Gasteiger partial charge in [0, 0.05) is 11.0 Å². The van der Waals surface area contributed by atoms with Crippen LogP contribution in [0.4, 0.5) is 10.2 Å². The second kappa shape index (κ2) is 4.96. The van der Waals surface area contributed by atoms with Crippen molar-refractivity contribution in [1.82, 2.24) is 25.2 Å². The van der Waals surface area contributed by atoms with Crippen molar-refractivity contribution in [3.05, 3.63) is 53.7 Å². The molecule has 0 radical (unpaired) electrons. The Kier molecular flexibility index (Phi) is 2.90. The molecule has 0 amide bonds. The van der Waals surface area contributed by atoms with E-state index in [4.69, 9.17) is 0 Å². The van der Waals surface area contributed by atoms with Gasteiger partial charge in [0.05, 0.1) is 23.8 Å². The average molecular weight is 354 g/mol. The third-order valence-corrected chi connectivity index (χ3v) is 4.81. The number of benzene rings is 1. The number of rotatable bonds is 1. The SMILES string of the molecule is CC(C)(C)c1cnnn1N1C=NC2c3ccccc3N3CN(F)C=C3N21. The molecule has 26 heavy (non-hydrogen) atoms. The number of aromatic nitrogens is 3. The van der Waals surface area contributed by atoms with Crippen molar-refractivity contribution >= 4 is 12.0 Å². The molecule has 0 bridgehead atoms. The molecule has 3 aliphatic rings. The van der Waals surface area contributed by atoms with Gasteiger partial charge < -0.3 is 4.90 Å². The molecule has 1 aromatic heterocycles. The van der Waals surface area contributed by atoms with Gasteiger partial charge in [0.1, 0.15) is 13.0 Å². The van der Waals surface area contributed by atoms with E-state index in [2.05, 4.69) is 36.1 Å². The van der Waals surface area contributed by atoms with E-state index in [0.29, 0.717) is 10.9 Å². The fourth-order valence-electron chi connectivity index (χ4n) is 3.59. The lowest BCUT2D eigenvalue weighted by atomic mass is 9.93. The van der Waals surface area contributed by atoms with Crippen molar-refractivity contribution in [1.29, 1.82) is 0 Å². The fraction of sp³-hybridized carbons (Fsp3) is 0.353. The summed E-state index contributed by atoms with van der Waals surface area (Å²) in [7, 11) is 0. The van der Waals surface area contributed by atoms with E-state index in [1.807, 2.05) is 34.2 Å². The number of halogens is 1. The van der Waals surface area contributed by atoms with Gasteiger partial charge in [-0.2, -0.15) is 10.2 Å². The molecule has 1 aromatic carbocycles. The van der Waals surface area contributed by atoms with Gasteiger partial charge in [0.25, 0.3) is 0 Å². The lowest BCUT2D eigenvalue weighted by Crippen LogP contribution is -2.52. The maximum absolute atomic E-state index is 14.1. The molecule has 9 heteroatoms. The van der Waals surface area contributed by atoms with Crippen LogP contribution in [0, 0.1) is 0 Å². The average Bonchev–Trinajstić information content (AvgIpc) is 3.30. The molecule has 5 rings (SSSR count). The molecule has 8 nitrogen and oxygen atoms in total. The fourth-order valence-corrected chi connectivity index (χ4v) is 3.59. The standard InChI is InChI=1S/C17H19FN8/c1-17(2,3)14-8-20-21-26(14)24-10-19-16-12-6-4-5-7-13(12)23-11-22(18)9-15(23)25(16)24/h4-10,16H,11H2,1-3H3. The molecule has 0 aliphatic carbocycles. The number of aliphatic imine (C=N–C) groups is 1. The Morgan fingerprint density at radius 2 is 2.00 bits per heavy atom. The van der Waals surface area contributed by atoms with Crippen molar-refractivity contribution in [2.75, 3.05) is 16.7 Å². The minimum Gasteiger partial charge on any atom is -0.304 e. The van der Waals surface area contributed by atoms with Crippen molar-refractivity contribution in [3.63, 3.8) is 0 Å². The van der Waals surface area contributed by atoms with Crippen LogP contribution in [0.2, 0.25) is 0 Å². The van der Waals surface area contributed by atoms with E-state index in [1.54, 1.807) is 22.4 Å². The lowest BCUT2D eigenvalue weighted by Gasteiger charge is -2.42. The number of hydrogen-bond acceptors (Lipinski definition) is 7. The predicted octanol–water partition coefficient (Wildman–Crippen LogP) is 2.25. The van der Waals surface area contributed by atoms with E-state index < -0.39 is 0 Å². The molecular weight excluding hydrogens is 335 g/mol. The Bertz CT molecular complexity index is 927. The van der Waals surface area contributed by atoms with Crippen LogP contribution in [0.25, 0.3) is 0 Å². The van der Waals surface area contributed by atoms with Gasteiger partial charge in [0.2, 0.25) is 0 Å². The van der Waals surface area contributed by atoms with E-state index in [0.717, 1.165) is 16.9 Å². The Hall–Kier alpha value is -3.10. The first kappa shape index (κ1) is 15.2. The first-order valence-electron chi connectivity index (χ1n) is 8.49. The highest BCUT2D eigenvalue weighted by Gasteiger charge is 2.45. The minimum atomic E-state index is -0.266. The highest BCUT2D eigenvalue weighted by molar-refractivity contribution is 5.74. The smallest absolute Gasteiger partial charge is 0.173 e. The van der Waals surface area contributed by atoms with E-state index in [1.165, 1.54) is 6.20 Å². The summed E-state index contributed by atoms with van der Waals surface area (Å²) in [5.41, 5.74) is 2.77. The molecule has 0 saturated heterocycles. The normalized spacial score (nSPS) is 21.1. The maximum Gasteiger partial charge on any atom is 0.173 e. The Morgan fingerprint density at radius 1 is 1.19 bits per heavy atom. The highest BCUT2D eigenvalue weighted by Crippen LogP contribution is 2.45. The number of fused-ring (bicyclic) bond motifs is 6. The zero-order valence-electron chi connectivity index (χ0n) is 14.8. The number of hydrazine groups is 1. The van der Waals surface area contributed by atoms with Crippen LogP contribution in [0.3, 0.4) is 0 Å². The first-order chi connectivity index (χ1) is 12.4. The maximum atomic E-state index is 14.1. The summed E-state index contributed by atoms with van der Waals surface area (Å²) in [5, 5.41) is 12.7. The summed E-state index contributed by atoms with van der Waals surface area (Å²) in [6.45, 7) is 6.45. The molecule has 0 N–H and O–H groups in total. The summed E-state index contributed by atoms with van der Waals surface area (Å²) in [4.78, 5) is 8.33. The highest BCUT2D eigenvalue weighted by atomic mass is 19.2. The third kappa shape index (κ3) is 1.97. The van der Waals surface area contributed by atoms with Crippen LogP contribution in [0.5, 0.6) is 0 Å². The van der Waals surface area contributed by atoms with Crippen molar-refractivity contribution in [3.8, 4) is 0 Å². The molecule has 4 heterocycles. The largest absolute Gasteiger partial charge is 0.304 e. The summed E-state index contributed by atoms with van der Waals surface area (Å²) >= 11 is 0. The van der Waals surface area contributed by atoms with E-state index >= 15 is 0 Å². The van der Waals surface area contributed by atoms with E-state index in [9.17, 15) is 4.48 Å². The monoisotopic (exact) mass is 354 g/mol. The summed E-state index contributed by atoms with van der Waals surface area (Å²) in [5.74, 6) is 0.712. The van der Waals surface area contributed by atoms with Crippen LogP contribution in [-0.4, -0.2) is 38.2 Å². The van der Waals surface area contributed by atoms with Gasteiger partial charge in [-0.25, -0.2) is 10.0 Å². The zero-order chi connectivity index (χ0) is 18.1. The van der Waals surface area contributed by atoms with Crippen LogP contribution in [0.1, 0.15) is 38.2 Å². The van der Waals surface area contributed by atoms with Crippen LogP contribution >= 0.6 is 0 Å². The van der Waals surface area contributed by atoms with Crippen molar-refractivity contribution in [2.24, 2.45) is 4.99 Å². The second-order valence-corrected chi connectivity index (χ2v) is 7.58. The van der Waals surface area contributed by atoms with Crippen LogP contribution in [0.15, 0.2) is 47.5 Å². The molecule has 3 aliphatic heterocycles. The van der Waals surface area contributed by atoms with Crippen molar-refractivity contribution < 1.29 is 4.48 Å². The molecule has 1 unspecified atom stereocenters. The van der Waals surface area contributed by atoms with Gasteiger partial charge >= 0.3 is 0 Å². The van der Waals surface area contributed by atoms with E-state index in [-0.39, 0.29) is 18.2 Å². The van der Waals surface area contributed by atoms with Crippen molar-refractivity contribution in [2.45, 2.75) is 32.4 Å². The van der Waals surface area contributed by atoms with Gasteiger partial charge in [0.15, 0.2) is 12.0 Å². The second-order valence-electron chi connectivity index (χ2n) is 7.58. The number of anilines is 1. The minimum absolute atomic E-state index is 0.146. The summed E-state index contributed by atoms with van der Waals surface area (Å²) in [6, 6.07) is 7.95. The number of hydrogen-bond donors (Lipinski definition) is 0.